The maximum absolute atomic E-state index is 12.0. The Kier molecular flexibility index (Phi) is 9.80. The molecule has 0 aromatic rings. The van der Waals surface area contributed by atoms with Gasteiger partial charge in [0.1, 0.15) is 12.7 Å². The monoisotopic (exact) mass is 489 g/mol. The van der Waals surface area contributed by atoms with E-state index in [0.29, 0.717) is 13.1 Å². The number of esters is 4. The molecular formula is C20H31N3O9S. The molecule has 2 aliphatic rings. The van der Waals surface area contributed by atoms with E-state index in [1.807, 2.05) is 5.01 Å². The molecule has 2 heterocycles. The summed E-state index contributed by atoms with van der Waals surface area (Å²) in [5.41, 5.74) is 6.04. The first kappa shape index (κ1) is 26.7. The first-order chi connectivity index (χ1) is 15.5. The van der Waals surface area contributed by atoms with E-state index in [0.717, 1.165) is 33.1 Å². The van der Waals surface area contributed by atoms with E-state index < -0.39 is 54.5 Å². The summed E-state index contributed by atoms with van der Waals surface area (Å²) < 4.78 is 27.6. The molecule has 0 aromatic heterocycles. The van der Waals surface area contributed by atoms with Crippen molar-refractivity contribution >= 4 is 41.2 Å². The number of rotatable bonds is 7. The molecule has 0 aliphatic carbocycles. The molecule has 2 aliphatic heterocycles. The number of hydrazine groups is 1. The summed E-state index contributed by atoms with van der Waals surface area (Å²) in [6, 6.07) is 0. The van der Waals surface area contributed by atoms with Crippen LogP contribution in [0, 0.1) is 0 Å². The largest absolute Gasteiger partial charge is 0.463 e. The maximum atomic E-state index is 12.0. The average Bonchev–Trinajstić information content (AvgIpc) is 2.70. The number of thiocarbonyl (C=S) groups is 1. The molecule has 0 unspecified atom stereocenters. The van der Waals surface area contributed by atoms with Crippen molar-refractivity contribution in [3.05, 3.63) is 0 Å². The lowest BCUT2D eigenvalue weighted by Gasteiger charge is -2.50. The van der Waals surface area contributed by atoms with E-state index in [2.05, 4.69) is 0 Å². The zero-order valence-electron chi connectivity index (χ0n) is 19.2. The van der Waals surface area contributed by atoms with Crippen molar-refractivity contribution < 1.29 is 42.9 Å². The van der Waals surface area contributed by atoms with E-state index in [-0.39, 0.29) is 11.7 Å². The molecule has 0 aromatic carbocycles. The lowest BCUT2D eigenvalue weighted by atomic mass is 9.96. The lowest BCUT2D eigenvalue weighted by Crippen LogP contribution is -2.70. The molecular weight excluding hydrogens is 458 g/mol. The highest BCUT2D eigenvalue weighted by Crippen LogP contribution is 2.32. The normalized spacial score (nSPS) is 27.7. The zero-order valence-corrected chi connectivity index (χ0v) is 20.0. The number of ether oxygens (including phenoxy) is 5. The molecule has 2 fully saturated rings. The lowest BCUT2D eigenvalue weighted by molar-refractivity contribution is -0.290. The predicted octanol–water partition coefficient (Wildman–Crippen LogP) is 0.0160. The fourth-order valence-electron chi connectivity index (χ4n) is 3.92. The third-order valence-corrected chi connectivity index (χ3v) is 5.26. The van der Waals surface area contributed by atoms with Crippen LogP contribution in [-0.2, 0) is 42.9 Å². The minimum absolute atomic E-state index is 0.0576. The van der Waals surface area contributed by atoms with Crippen molar-refractivity contribution in [3.8, 4) is 0 Å². The summed E-state index contributed by atoms with van der Waals surface area (Å²) in [7, 11) is 0. The van der Waals surface area contributed by atoms with Crippen LogP contribution >= 0.6 is 12.2 Å². The quantitative estimate of drug-likeness (QED) is 0.291. The van der Waals surface area contributed by atoms with Crippen LogP contribution in [0.5, 0.6) is 0 Å². The van der Waals surface area contributed by atoms with Gasteiger partial charge in [-0.2, -0.15) is 0 Å². The first-order valence-electron chi connectivity index (χ1n) is 10.6. The van der Waals surface area contributed by atoms with Crippen molar-refractivity contribution in [3.63, 3.8) is 0 Å². The average molecular weight is 490 g/mol. The van der Waals surface area contributed by atoms with Crippen LogP contribution in [0.15, 0.2) is 0 Å². The fourth-order valence-corrected chi connectivity index (χ4v) is 4.14. The summed E-state index contributed by atoms with van der Waals surface area (Å²) in [5.74, 6) is -2.69. The van der Waals surface area contributed by atoms with Gasteiger partial charge < -0.3 is 29.4 Å². The summed E-state index contributed by atoms with van der Waals surface area (Å²) >= 11 is 5.28. The Balaban J connectivity index is 2.54. The van der Waals surface area contributed by atoms with Crippen LogP contribution in [0.25, 0.3) is 0 Å². The summed E-state index contributed by atoms with van der Waals surface area (Å²) in [5, 5.41) is 3.29. The first-order valence-corrected chi connectivity index (χ1v) is 11.1. The van der Waals surface area contributed by atoms with E-state index in [9.17, 15) is 19.2 Å². The van der Waals surface area contributed by atoms with Gasteiger partial charge in [0.05, 0.1) is 0 Å². The summed E-state index contributed by atoms with van der Waals surface area (Å²) in [4.78, 5) is 47.2. The smallest absolute Gasteiger partial charge is 0.303 e. The summed E-state index contributed by atoms with van der Waals surface area (Å²) in [6.45, 7) is 5.63. The van der Waals surface area contributed by atoms with Gasteiger partial charge in [-0.05, 0) is 25.1 Å². The molecule has 2 N–H and O–H groups in total. The number of nitrogens with two attached hydrogens (primary N) is 1. The zero-order chi connectivity index (χ0) is 24.7. The molecule has 0 amide bonds. The van der Waals surface area contributed by atoms with Crippen LogP contribution in [0.2, 0.25) is 0 Å². The maximum Gasteiger partial charge on any atom is 0.303 e. The van der Waals surface area contributed by atoms with Gasteiger partial charge >= 0.3 is 23.9 Å². The van der Waals surface area contributed by atoms with Crippen molar-refractivity contribution in [1.29, 1.82) is 0 Å². The third-order valence-electron chi connectivity index (χ3n) is 5.07. The second-order valence-corrected chi connectivity index (χ2v) is 8.21. The van der Waals surface area contributed by atoms with Crippen LogP contribution in [0.3, 0.4) is 0 Å². The number of hydrogen-bond acceptors (Lipinski definition) is 11. The second kappa shape index (κ2) is 12.1. The number of piperidine rings is 1. The van der Waals surface area contributed by atoms with Crippen LogP contribution in [-0.4, -0.2) is 89.3 Å². The SMILES string of the molecule is CC(=O)OC[C@H]1O[C@@H](N(C(N)=S)N2CCCCC2)[C@H](OC(C)=O)[C@@H](OC(C)=O)[C@@H]1OC(C)=O. The Morgan fingerprint density at radius 1 is 0.879 bits per heavy atom. The van der Waals surface area contributed by atoms with Crippen LogP contribution in [0.1, 0.15) is 47.0 Å². The van der Waals surface area contributed by atoms with E-state index in [1.54, 1.807) is 0 Å². The Bertz CT molecular complexity index is 759. The Morgan fingerprint density at radius 3 is 1.88 bits per heavy atom. The van der Waals surface area contributed by atoms with Gasteiger partial charge in [0, 0.05) is 40.8 Å². The molecule has 0 bridgehead atoms. The number of hydrogen-bond donors (Lipinski definition) is 1. The van der Waals surface area contributed by atoms with Crippen molar-refractivity contribution in [1.82, 2.24) is 10.0 Å². The standard InChI is InChI=1S/C20H31N3O9S/c1-11(24)28-10-15-16(29-12(2)25)17(30-13(3)26)18(31-14(4)27)19(32-15)23(20(21)33)22-8-6-5-7-9-22/h15-19H,5-10H2,1-4H3,(H2,21,33)/t15-,16-,17+,18-,19-/m1/s1. The van der Waals surface area contributed by atoms with E-state index >= 15 is 0 Å². The Labute approximate surface area is 197 Å². The van der Waals surface area contributed by atoms with Gasteiger partial charge in [-0.25, -0.2) is 10.0 Å². The van der Waals surface area contributed by atoms with E-state index in [1.165, 1.54) is 18.9 Å². The van der Waals surface area contributed by atoms with Gasteiger partial charge in [0.2, 0.25) is 0 Å². The Morgan fingerprint density at radius 2 is 1.39 bits per heavy atom. The molecule has 13 heteroatoms. The van der Waals surface area contributed by atoms with Gasteiger partial charge in [-0.3, -0.25) is 19.2 Å². The highest BCUT2D eigenvalue weighted by molar-refractivity contribution is 7.80. The number of nitrogens with zero attached hydrogens (tertiary/aromatic N) is 2. The molecule has 0 radical (unpaired) electrons. The topological polar surface area (TPSA) is 147 Å². The van der Waals surface area contributed by atoms with Crippen LogP contribution < -0.4 is 5.73 Å². The molecule has 2 saturated heterocycles. The van der Waals surface area contributed by atoms with Crippen molar-refractivity contribution in [2.45, 2.75) is 77.6 Å². The minimum atomic E-state index is -1.28. The molecule has 2 rings (SSSR count). The second-order valence-electron chi connectivity index (χ2n) is 7.79. The van der Waals surface area contributed by atoms with E-state index in [4.69, 9.17) is 41.6 Å². The summed E-state index contributed by atoms with van der Waals surface area (Å²) in [6.07, 6.45) is -3.19. The van der Waals surface area contributed by atoms with Crippen molar-refractivity contribution in [2.24, 2.45) is 5.73 Å². The highest BCUT2D eigenvalue weighted by Gasteiger charge is 2.55. The predicted molar refractivity (Wildman–Crippen MR) is 116 cm³/mol. The Hall–Kier alpha value is -2.51. The molecule has 5 atom stereocenters. The minimum Gasteiger partial charge on any atom is -0.463 e. The van der Waals surface area contributed by atoms with Gasteiger partial charge in [-0.15, -0.1) is 0 Å². The van der Waals surface area contributed by atoms with Gasteiger partial charge in [0.15, 0.2) is 29.7 Å². The fraction of sp³-hybridized carbons (Fsp3) is 0.750. The highest BCUT2D eigenvalue weighted by atomic mass is 32.1. The number of carbonyl (C=O) groups excluding carboxylic acids is 4. The third kappa shape index (κ3) is 7.51. The molecule has 0 saturated carbocycles. The van der Waals surface area contributed by atoms with Gasteiger partial charge in [0.25, 0.3) is 0 Å². The van der Waals surface area contributed by atoms with Crippen molar-refractivity contribution in [2.75, 3.05) is 19.7 Å². The number of carbonyl (C=O) groups is 4. The molecule has 186 valence electrons. The van der Waals surface area contributed by atoms with Crippen LogP contribution in [0.4, 0.5) is 0 Å². The molecule has 33 heavy (non-hydrogen) atoms. The molecule has 0 spiro atoms. The van der Waals surface area contributed by atoms with Gasteiger partial charge in [-0.1, -0.05) is 6.42 Å². The molecule has 12 nitrogen and oxygen atoms in total.